The number of primary amides is 1. The summed E-state index contributed by atoms with van der Waals surface area (Å²) in [6.07, 6.45) is 3.43. The molecular weight excluding hydrogens is 353 g/mol. The lowest BCUT2D eigenvalue weighted by Gasteiger charge is -2.26. The maximum Gasteiger partial charge on any atom is 0.237 e. The van der Waals surface area contributed by atoms with E-state index in [1.165, 1.54) is 12.5 Å². The minimum Gasteiger partial charge on any atom is -0.368 e. The molecule has 5 heteroatoms. The summed E-state index contributed by atoms with van der Waals surface area (Å²) in [5, 5.41) is 3.18. The van der Waals surface area contributed by atoms with Crippen molar-refractivity contribution in [3.8, 4) is 0 Å². The van der Waals surface area contributed by atoms with Gasteiger partial charge in [0.25, 0.3) is 0 Å². The number of hydrogen-bond acceptors (Lipinski definition) is 3. The van der Waals surface area contributed by atoms with Crippen LogP contribution in [-0.2, 0) is 17.9 Å². The third-order valence-electron chi connectivity index (χ3n) is 4.95. The number of carbonyl (C=O) groups excluding carboxylic acids is 1. The average Bonchev–Trinajstić information content (AvgIpc) is 2.66. The van der Waals surface area contributed by atoms with Gasteiger partial charge in [-0.15, -0.1) is 0 Å². The van der Waals surface area contributed by atoms with Crippen LogP contribution in [0.5, 0.6) is 0 Å². The molecule has 0 spiro atoms. The Kier molecular flexibility index (Phi) is 8.00. The predicted molar refractivity (Wildman–Crippen MR) is 114 cm³/mol. The van der Waals surface area contributed by atoms with Gasteiger partial charge in [-0.25, -0.2) is 4.39 Å². The molecule has 2 aromatic rings. The second kappa shape index (κ2) is 10.2. The van der Waals surface area contributed by atoms with E-state index < -0.39 is 5.54 Å². The molecule has 2 rings (SSSR count). The van der Waals surface area contributed by atoms with Gasteiger partial charge in [0.2, 0.25) is 5.91 Å². The highest BCUT2D eigenvalue weighted by molar-refractivity contribution is 5.83. The topological polar surface area (TPSA) is 58.4 Å². The molecule has 1 amide bonds. The Balaban J connectivity index is 2.08. The van der Waals surface area contributed by atoms with Gasteiger partial charge in [-0.2, -0.15) is 0 Å². The zero-order valence-corrected chi connectivity index (χ0v) is 17.2. The third-order valence-corrected chi connectivity index (χ3v) is 4.95. The Morgan fingerprint density at radius 1 is 1.11 bits per heavy atom. The van der Waals surface area contributed by atoms with Crippen LogP contribution in [0.3, 0.4) is 0 Å². The molecule has 0 heterocycles. The summed E-state index contributed by atoms with van der Waals surface area (Å²) in [5.74, 6) is -0.578. The Morgan fingerprint density at radius 3 is 2.43 bits per heavy atom. The van der Waals surface area contributed by atoms with Gasteiger partial charge in [0.15, 0.2) is 0 Å². The standard InChI is InChI=1S/C23H32FN3O/c1-4-5-6-14-27(17-19-8-7-9-20(24)15-19)21-12-10-18(11-13-21)16-26-23(2,3)22(25)28/h7-13,15,26H,4-6,14,16-17H2,1-3H3,(H2,25,28). The summed E-state index contributed by atoms with van der Waals surface area (Å²) < 4.78 is 13.6. The Bertz CT molecular complexity index is 759. The van der Waals surface area contributed by atoms with E-state index in [-0.39, 0.29) is 11.7 Å². The van der Waals surface area contributed by atoms with Crippen LogP contribution < -0.4 is 16.0 Å². The normalized spacial score (nSPS) is 11.4. The number of anilines is 1. The summed E-state index contributed by atoms with van der Waals surface area (Å²) in [7, 11) is 0. The first kappa shape index (κ1) is 21.9. The van der Waals surface area contributed by atoms with Crippen molar-refractivity contribution in [2.75, 3.05) is 11.4 Å². The number of amides is 1. The van der Waals surface area contributed by atoms with Crippen LogP contribution in [0.4, 0.5) is 10.1 Å². The predicted octanol–water partition coefficient (Wildman–Crippen LogP) is 4.38. The maximum atomic E-state index is 13.6. The zero-order valence-electron chi connectivity index (χ0n) is 17.2. The highest BCUT2D eigenvalue weighted by Gasteiger charge is 2.23. The van der Waals surface area contributed by atoms with Crippen LogP contribution in [0.2, 0.25) is 0 Å². The summed E-state index contributed by atoms with van der Waals surface area (Å²) >= 11 is 0. The number of halogens is 1. The van der Waals surface area contributed by atoms with Crippen molar-refractivity contribution in [3.63, 3.8) is 0 Å². The van der Waals surface area contributed by atoms with Crippen LogP contribution in [0, 0.1) is 5.82 Å². The van der Waals surface area contributed by atoms with Gasteiger partial charge in [-0.05, 0) is 55.7 Å². The molecule has 0 aliphatic rings. The molecule has 2 aromatic carbocycles. The van der Waals surface area contributed by atoms with Crippen molar-refractivity contribution in [1.29, 1.82) is 0 Å². The van der Waals surface area contributed by atoms with Gasteiger partial charge in [0.1, 0.15) is 5.82 Å². The second-order valence-corrected chi connectivity index (χ2v) is 7.77. The first-order valence-corrected chi connectivity index (χ1v) is 9.95. The quantitative estimate of drug-likeness (QED) is 0.565. The van der Waals surface area contributed by atoms with Crippen molar-refractivity contribution in [2.45, 2.75) is 58.7 Å². The number of benzene rings is 2. The molecule has 0 aromatic heterocycles. The number of nitrogens with two attached hydrogens (primary N) is 1. The van der Waals surface area contributed by atoms with E-state index in [1.807, 2.05) is 6.07 Å². The largest absolute Gasteiger partial charge is 0.368 e. The number of rotatable bonds is 11. The minimum atomic E-state index is -0.748. The van der Waals surface area contributed by atoms with E-state index in [1.54, 1.807) is 26.0 Å². The van der Waals surface area contributed by atoms with Crippen molar-refractivity contribution in [2.24, 2.45) is 5.73 Å². The molecule has 3 N–H and O–H groups in total. The molecule has 0 saturated carbocycles. The lowest BCUT2D eigenvalue weighted by atomic mass is 10.0. The molecule has 28 heavy (non-hydrogen) atoms. The fourth-order valence-corrected chi connectivity index (χ4v) is 2.94. The molecule has 4 nitrogen and oxygen atoms in total. The number of unbranched alkanes of at least 4 members (excludes halogenated alkanes) is 2. The Morgan fingerprint density at radius 2 is 1.82 bits per heavy atom. The SMILES string of the molecule is CCCCCN(Cc1cccc(F)c1)c1ccc(CNC(C)(C)C(N)=O)cc1. The highest BCUT2D eigenvalue weighted by atomic mass is 19.1. The van der Waals surface area contributed by atoms with Crippen molar-refractivity contribution in [3.05, 3.63) is 65.5 Å². The lowest BCUT2D eigenvalue weighted by Crippen LogP contribution is -2.50. The number of hydrogen-bond donors (Lipinski definition) is 2. The summed E-state index contributed by atoms with van der Waals surface area (Å²) in [4.78, 5) is 13.7. The first-order chi connectivity index (χ1) is 13.3. The maximum absolute atomic E-state index is 13.6. The van der Waals surface area contributed by atoms with Gasteiger partial charge < -0.3 is 10.6 Å². The molecule has 152 valence electrons. The molecule has 0 saturated heterocycles. The van der Waals surface area contributed by atoms with Gasteiger partial charge >= 0.3 is 0 Å². The number of carbonyl (C=O) groups is 1. The van der Waals surface area contributed by atoms with E-state index in [0.717, 1.165) is 36.2 Å². The van der Waals surface area contributed by atoms with E-state index in [4.69, 9.17) is 5.73 Å². The van der Waals surface area contributed by atoms with E-state index in [9.17, 15) is 9.18 Å². The van der Waals surface area contributed by atoms with Crippen molar-refractivity contribution < 1.29 is 9.18 Å². The van der Waals surface area contributed by atoms with Gasteiger partial charge in [-0.1, -0.05) is 44.0 Å². The average molecular weight is 386 g/mol. The highest BCUT2D eigenvalue weighted by Crippen LogP contribution is 2.20. The van der Waals surface area contributed by atoms with Gasteiger partial charge in [0.05, 0.1) is 5.54 Å². The van der Waals surface area contributed by atoms with E-state index in [2.05, 4.69) is 41.4 Å². The smallest absolute Gasteiger partial charge is 0.237 e. The lowest BCUT2D eigenvalue weighted by molar-refractivity contribution is -0.123. The number of nitrogens with one attached hydrogen (secondary N) is 1. The van der Waals surface area contributed by atoms with Crippen LogP contribution in [-0.4, -0.2) is 18.0 Å². The van der Waals surface area contributed by atoms with E-state index in [0.29, 0.717) is 13.1 Å². The van der Waals surface area contributed by atoms with Crippen LogP contribution in [0.25, 0.3) is 0 Å². The molecule has 0 unspecified atom stereocenters. The second-order valence-electron chi connectivity index (χ2n) is 7.77. The fraction of sp³-hybridized carbons (Fsp3) is 0.435. The monoisotopic (exact) mass is 385 g/mol. The molecular formula is C23H32FN3O. The molecule has 0 aliphatic heterocycles. The Labute approximate surface area is 167 Å². The summed E-state index contributed by atoms with van der Waals surface area (Å²) in [6, 6.07) is 15.1. The zero-order chi connectivity index (χ0) is 20.6. The first-order valence-electron chi connectivity index (χ1n) is 9.95. The van der Waals surface area contributed by atoms with Crippen LogP contribution in [0.1, 0.15) is 51.2 Å². The molecule has 0 aliphatic carbocycles. The Hall–Kier alpha value is -2.40. The van der Waals surface area contributed by atoms with E-state index >= 15 is 0 Å². The van der Waals surface area contributed by atoms with Crippen LogP contribution in [0.15, 0.2) is 48.5 Å². The van der Waals surface area contributed by atoms with Crippen molar-refractivity contribution in [1.82, 2.24) is 5.32 Å². The number of nitrogens with zero attached hydrogens (tertiary/aromatic N) is 1. The van der Waals surface area contributed by atoms with Gasteiger partial charge in [-0.3, -0.25) is 10.1 Å². The molecule has 0 fully saturated rings. The minimum absolute atomic E-state index is 0.204. The molecule has 0 atom stereocenters. The fourth-order valence-electron chi connectivity index (χ4n) is 2.94. The molecule has 0 radical (unpaired) electrons. The molecule has 0 bridgehead atoms. The van der Waals surface area contributed by atoms with Crippen LogP contribution >= 0.6 is 0 Å². The third kappa shape index (κ3) is 6.64. The van der Waals surface area contributed by atoms with Crippen molar-refractivity contribution >= 4 is 11.6 Å². The summed E-state index contributed by atoms with van der Waals surface area (Å²) in [6.45, 7) is 7.91. The van der Waals surface area contributed by atoms with Gasteiger partial charge in [0, 0.05) is 25.3 Å². The summed E-state index contributed by atoms with van der Waals surface area (Å²) in [5.41, 5.74) is 7.81.